The van der Waals surface area contributed by atoms with Crippen molar-refractivity contribution < 1.29 is 31.5 Å². The van der Waals surface area contributed by atoms with Crippen LogP contribution in [0.25, 0.3) is 16.6 Å². The number of rotatable bonds is 9. The highest BCUT2D eigenvalue weighted by atomic mass is 16.5. The third kappa shape index (κ3) is 8.62. The van der Waals surface area contributed by atoms with Crippen molar-refractivity contribution in [1.82, 2.24) is 40.4 Å². The predicted octanol–water partition coefficient (Wildman–Crippen LogP) is 3.95. The van der Waals surface area contributed by atoms with Crippen molar-refractivity contribution in [2.45, 2.75) is 77.0 Å². The molecule has 0 radical (unpaired) electrons. The maximum atomic E-state index is 13.4. The molecular formula is C45H62N10O6. The summed E-state index contributed by atoms with van der Waals surface area (Å²) in [5.41, 5.74) is 4.33. The van der Waals surface area contributed by atoms with Crippen LogP contribution >= 0.6 is 0 Å². The molecule has 4 amide bonds. The van der Waals surface area contributed by atoms with Crippen molar-refractivity contribution in [2.75, 3.05) is 83.6 Å². The van der Waals surface area contributed by atoms with Gasteiger partial charge in [-0.25, -0.2) is 4.99 Å². The van der Waals surface area contributed by atoms with Gasteiger partial charge in [-0.15, -0.1) is 0 Å². The first kappa shape index (κ1) is 41.1. The van der Waals surface area contributed by atoms with Crippen LogP contribution in [0, 0.1) is 5.92 Å². The Bertz CT molecular complexity index is 2250. The number of morpholine rings is 1. The van der Waals surface area contributed by atoms with Gasteiger partial charge in [0.2, 0.25) is 11.8 Å². The molecular weight excluding hydrogens is 777 g/mol. The van der Waals surface area contributed by atoms with Gasteiger partial charge < -0.3 is 29.5 Å². The molecule has 10 rings (SSSR count). The van der Waals surface area contributed by atoms with Crippen LogP contribution in [-0.4, -0.2) is 156 Å². The molecule has 16 heteroatoms. The molecule has 3 aromatic rings. The second kappa shape index (κ2) is 17.2. The highest BCUT2D eigenvalue weighted by molar-refractivity contribution is 6.23. The standard InChI is InChI=1S/C43H52N10O6.C2H6.2H2/c1-43(10-11-43)59-29-3-5-34-33(21-29)39(48-47-34)35-22-37(45-26-44-35)52-18-19-58-30(25-52)24-50-16-14-49(15-17-50)23-27-8-12-51(13-9-27)28-2-4-31-32(20-28)42(57)53(41(31)56)36-6-7-38(54)46-40(36)55;1-2;;/h2-5,20-22,27,30,36,44H,6-19,23-26H2,1H3,(H,47,48)(H,46,54,55);1-2H3;2*1H/t30-,36?;;;/m1.../s1. The van der Waals surface area contributed by atoms with E-state index in [2.05, 4.69) is 59.5 Å². The molecule has 16 nitrogen and oxygen atoms in total. The Kier molecular flexibility index (Phi) is 11.6. The van der Waals surface area contributed by atoms with Gasteiger partial charge in [-0.2, -0.15) is 5.10 Å². The first-order valence-electron chi connectivity index (χ1n) is 22.3. The van der Waals surface area contributed by atoms with E-state index < -0.39 is 23.8 Å². The van der Waals surface area contributed by atoms with E-state index in [4.69, 9.17) is 14.5 Å². The van der Waals surface area contributed by atoms with E-state index in [9.17, 15) is 19.2 Å². The number of nitrogens with zero attached hydrogens (tertiary/aromatic N) is 7. The highest BCUT2D eigenvalue weighted by Crippen LogP contribution is 2.40. The largest absolute Gasteiger partial charge is 0.488 e. The van der Waals surface area contributed by atoms with Gasteiger partial charge in [0.05, 0.1) is 35.1 Å². The molecule has 7 aliphatic rings. The minimum absolute atomic E-state index is 0. The Labute approximate surface area is 359 Å². The lowest BCUT2D eigenvalue weighted by Crippen LogP contribution is -2.54. The van der Waals surface area contributed by atoms with Crippen LogP contribution in [0.15, 0.2) is 47.5 Å². The maximum absolute atomic E-state index is 13.4. The third-order valence-corrected chi connectivity index (χ3v) is 13.2. The summed E-state index contributed by atoms with van der Waals surface area (Å²) < 4.78 is 12.5. The van der Waals surface area contributed by atoms with Gasteiger partial charge in [0, 0.05) is 91.9 Å². The van der Waals surface area contributed by atoms with E-state index in [1.807, 2.05) is 32.0 Å². The first-order valence-corrected chi connectivity index (χ1v) is 22.3. The zero-order valence-electron chi connectivity index (χ0n) is 35.6. The number of imide groups is 2. The zero-order chi connectivity index (χ0) is 42.3. The molecule has 4 saturated heterocycles. The highest BCUT2D eigenvalue weighted by Gasteiger charge is 2.45. The quantitative estimate of drug-likeness (QED) is 0.266. The smallest absolute Gasteiger partial charge is 0.262 e. The molecule has 2 atom stereocenters. The molecule has 5 fully saturated rings. The number of hydrogen-bond donors (Lipinski definition) is 3. The number of piperidine rings is 2. The summed E-state index contributed by atoms with van der Waals surface area (Å²) >= 11 is 0. The summed E-state index contributed by atoms with van der Waals surface area (Å²) in [6.07, 6.45) is 6.77. The average molecular weight is 839 g/mol. The molecule has 7 heterocycles. The minimum atomic E-state index is -0.958. The maximum Gasteiger partial charge on any atom is 0.262 e. The van der Waals surface area contributed by atoms with Crippen molar-refractivity contribution in [2.24, 2.45) is 10.9 Å². The Morgan fingerprint density at radius 1 is 0.869 bits per heavy atom. The van der Waals surface area contributed by atoms with Crippen molar-refractivity contribution in [1.29, 1.82) is 0 Å². The number of hydrogen-bond acceptors (Lipinski definition) is 13. The lowest BCUT2D eigenvalue weighted by atomic mass is 9.95. The number of benzene rings is 2. The monoisotopic (exact) mass is 838 g/mol. The van der Waals surface area contributed by atoms with E-state index in [1.54, 1.807) is 12.1 Å². The molecule has 0 bridgehead atoms. The number of fused-ring (bicyclic) bond motifs is 2. The number of ether oxygens (including phenoxy) is 2. The fraction of sp³-hybridized carbons (Fsp3) is 0.556. The molecule has 1 aromatic heterocycles. The van der Waals surface area contributed by atoms with E-state index in [0.29, 0.717) is 30.3 Å². The summed E-state index contributed by atoms with van der Waals surface area (Å²) in [4.78, 5) is 66.3. The van der Waals surface area contributed by atoms with Gasteiger partial charge in [0.25, 0.3) is 11.8 Å². The Morgan fingerprint density at radius 3 is 2.38 bits per heavy atom. The number of carbonyl (C=O) groups is 4. The van der Waals surface area contributed by atoms with Crippen LogP contribution in [0.5, 0.6) is 5.75 Å². The number of carbonyl (C=O) groups excluding carboxylic acids is 4. The lowest BCUT2D eigenvalue weighted by molar-refractivity contribution is -0.136. The summed E-state index contributed by atoms with van der Waals surface area (Å²) in [5, 5.41) is 14.6. The Balaban J connectivity index is 0.00000147. The molecule has 1 aliphatic carbocycles. The van der Waals surface area contributed by atoms with Crippen LogP contribution in [0.3, 0.4) is 0 Å². The van der Waals surface area contributed by atoms with Gasteiger partial charge in [-0.3, -0.25) is 39.4 Å². The number of amidine groups is 1. The SMILES string of the molecule is CC.CC1(Oc2ccc3[nH]nc(C4=CC(N5CCO[C@H](CN6CCN(CC7CCN(c8ccc9c(c8)C(=O)N(C8CCC(=O)NC8=O)C9=O)CC7)CC6)C5)=NCN4)c3c2)CC1.[HH].[HH]. The molecule has 1 unspecified atom stereocenters. The van der Waals surface area contributed by atoms with Crippen molar-refractivity contribution in [3.63, 3.8) is 0 Å². The summed E-state index contributed by atoms with van der Waals surface area (Å²) in [5.74, 6) is 0.527. The van der Waals surface area contributed by atoms with Gasteiger partial charge >= 0.3 is 0 Å². The van der Waals surface area contributed by atoms with E-state index >= 15 is 0 Å². The summed E-state index contributed by atoms with van der Waals surface area (Å²) in [6, 6.07) is 10.6. The second-order valence-corrected chi connectivity index (χ2v) is 17.4. The van der Waals surface area contributed by atoms with Crippen LogP contribution in [0.1, 0.15) is 88.6 Å². The number of aromatic amines is 1. The summed E-state index contributed by atoms with van der Waals surface area (Å²) in [7, 11) is 0. The molecule has 1 saturated carbocycles. The molecule has 2 aromatic carbocycles. The number of anilines is 1. The molecule has 328 valence electrons. The van der Waals surface area contributed by atoms with Gasteiger partial charge in [0.1, 0.15) is 35.6 Å². The fourth-order valence-electron chi connectivity index (χ4n) is 9.47. The first-order chi connectivity index (χ1) is 29.7. The fourth-order valence-corrected chi connectivity index (χ4v) is 9.47. The number of H-pyrrole nitrogens is 1. The van der Waals surface area contributed by atoms with Gasteiger partial charge in [-0.05, 0) is 81.3 Å². The van der Waals surface area contributed by atoms with Crippen molar-refractivity contribution >= 4 is 51.8 Å². The zero-order valence-corrected chi connectivity index (χ0v) is 35.6. The number of aromatic nitrogens is 2. The van der Waals surface area contributed by atoms with Crippen LogP contribution < -0.4 is 20.3 Å². The van der Waals surface area contributed by atoms with E-state index in [0.717, 1.165) is 136 Å². The molecule has 0 spiro atoms. The van der Waals surface area contributed by atoms with Crippen LogP contribution in [0.4, 0.5) is 5.69 Å². The van der Waals surface area contributed by atoms with Crippen molar-refractivity contribution in [3.05, 3.63) is 59.3 Å². The predicted molar refractivity (Wildman–Crippen MR) is 236 cm³/mol. The topological polar surface area (TPSA) is 168 Å². The van der Waals surface area contributed by atoms with Crippen molar-refractivity contribution in [3.8, 4) is 5.75 Å². The Morgan fingerprint density at radius 2 is 1.62 bits per heavy atom. The van der Waals surface area contributed by atoms with Crippen LogP contribution in [0.2, 0.25) is 0 Å². The number of piperazine rings is 1. The van der Waals surface area contributed by atoms with Crippen LogP contribution in [-0.2, 0) is 14.3 Å². The van der Waals surface area contributed by atoms with E-state index in [-0.39, 0.29) is 33.3 Å². The number of nitrogens with one attached hydrogen (secondary N) is 3. The number of aliphatic imine (C=N–C) groups is 1. The third-order valence-electron chi connectivity index (χ3n) is 13.2. The minimum Gasteiger partial charge on any atom is -0.488 e. The van der Waals surface area contributed by atoms with Gasteiger partial charge in [0.15, 0.2) is 0 Å². The average Bonchev–Trinajstić information content (AvgIpc) is 3.77. The molecule has 61 heavy (non-hydrogen) atoms. The second-order valence-electron chi connectivity index (χ2n) is 17.4. The molecule has 3 N–H and O–H groups in total. The Hall–Kier alpha value is -5.32. The lowest BCUT2D eigenvalue weighted by Gasteiger charge is -2.41. The number of amides is 4. The summed E-state index contributed by atoms with van der Waals surface area (Å²) in [6.45, 7) is 16.8. The van der Waals surface area contributed by atoms with Gasteiger partial charge in [-0.1, -0.05) is 13.8 Å². The molecule has 6 aliphatic heterocycles. The van der Waals surface area contributed by atoms with E-state index in [1.165, 1.54) is 0 Å². The normalized spacial score (nSPS) is 24.7.